The lowest BCUT2D eigenvalue weighted by molar-refractivity contribution is -0.116. The van der Waals surface area contributed by atoms with E-state index in [0.29, 0.717) is 13.2 Å². The summed E-state index contributed by atoms with van der Waals surface area (Å²) in [4.78, 5) is 0. The molecule has 0 saturated heterocycles. The lowest BCUT2D eigenvalue weighted by Gasteiger charge is -2.17. The maximum absolute atomic E-state index is 5.60. The minimum absolute atomic E-state index is 0.131. The van der Waals surface area contributed by atoms with Gasteiger partial charge in [0, 0.05) is 0 Å². The Balaban J connectivity index is 1.55. The molecule has 0 amide bonds. The van der Waals surface area contributed by atoms with Gasteiger partial charge in [-0.3, -0.25) is 0 Å². The zero-order chi connectivity index (χ0) is 16.3. The summed E-state index contributed by atoms with van der Waals surface area (Å²) in [5.41, 5.74) is 2.23. The second kappa shape index (κ2) is 10.2. The van der Waals surface area contributed by atoms with Crippen molar-refractivity contribution in [1.29, 1.82) is 0 Å². The molecule has 2 aromatic carbocycles. The van der Waals surface area contributed by atoms with E-state index in [4.69, 9.17) is 18.8 Å². The van der Waals surface area contributed by atoms with Gasteiger partial charge >= 0.3 is 7.69 Å². The van der Waals surface area contributed by atoms with Gasteiger partial charge in [-0.05, 0) is 25.0 Å². The first-order valence-corrected chi connectivity index (χ1v) is 7.78. The SMILES string of the molecule is CC(OBOC(C)OCc1ccccc1)OCc1ccccc1. The van der Waals surface area contributed by atoms with Gasteiger partial charge in [0.1, 0.15) is 12.6 Å². The third-order valence-electron chi connectivity index (χ3n) is 3.26. The Kier molecular flexibility index (Phi) is 7.83. The lowest BCUT2D eigenvalue weighted by atomic mass is 10.2. The van der Waals surface area contributed by atoms with Crippen LogP contribution in [0.5, 0.6) is 0 Å². The van der Waals surface area contributed by atoms with E-state index in [0.717, 1.165) is 11.1 Å². The molecule has 2 unspecified atom stereocenters. The molecule has 0 fully saturated rings. The maximum Gasteiger partial charge on any atom is 0.441 e. The first-order chi connectivity index (χ1) is 11.2. The number of benzene rings is 2. The smallest absolute Gasteiger partial charge is 0.388 e. The molecule has 0 aromatic heterocycles. The molecule has 122 valence electrons. The largest absolute Gasteiger partial charge is 0.441 e. The van der Waals surface area contributed by atoms with Crippen LogP contribution >= 0.6 is 0 Å². The third kappa shape index (κ3) is 7.44. The molecule has 0 spiro atoms. The lowest BCUT2D eigenvalue weighted by Crippen LogP contribution is -2.22. The minimum atomic E-state index is -0.337. The Labute approximate surface area is 138 Å². The van der Waals surface area contributed by atoms with Gasteiger partial charge in [-0.1, -0.05) is 60.7 Å². The van der Waals surface area contributed by atoms with Gasteiger partial charge in [0.25, 0.3) is 0 Å². The molecule has 0 aliphatic carbocycles. The maximum atomic E-state index is 5.60. The van der Waals surface area contributed by atoms with Crippen LogP contribution < -0.4 is 0 Å². The number of rotatable bonds is 10. The summed E-state index contributed by atoms with van der Waals surface area (Å²) in [5.74, 6) is 0. The van der Waals surface area contributed by atoms with Crippen molar-refractivity contribution in [2.24, 2.45) is 0 Å². The molecule has 0 N–H and O–H groups in total. The van der Waals surface area contributed by atoms with Gasteiger partial charge in [-0.15, -0.1) is 0 Å². The molecule has 2 rings (SSSR count). The standard InChI is InChI=1S/C18H23BO4/c1-15(20-13-17-9-5-3-6-10-17)22-19-23-16(2)21-14-18-11-7-4-8-12-18/h3-12,15-16,19H,13-14H2,1-2H3. The highest BCUT2D eigenvalue weighted by Crippen LogP contribution is 2.06. The van der Waals surface area contributed by atoms with Crippen molar-refractivity contribution in [3.63, 3.8) is 0 Å². The fourth-order valence-electron chi connectivity index (χ4n) is 1.90. The van der Waals surface area contributed by atoms with E-state index in [-0.39, 0.29) is 20.3 Å². The molecule has 0 saturated carbocycles. The summed E-state index contributed by atoms with van der Waals surface area (Å²) in [6, 6.07) is 20.0. The zero-order valence-corrected chi connectivity index (χ0v) is 13.7. The number of hydrogen-bond acceptors (Lipinski definition) is 4. The van der Waals surface area contributed by atoms with E-state index in [1.165, 1.54) is 0 Å². The summed E-state index contributed by atoms with van der Waals surface area (Å²) in [7, 11) is 0.131. The molecule has 0 heterocycles. The first kappa shape index (κ1) is 17.7. The van der Waals surface area contributed by atoms with Crippen LogP contribution in [-0.4, -0.2) is 20.3 Å². The highest BCUT2D eigenvalue weighted by Gasteiger charge is 2.08. The van der Waals surface area contributed by atoms with Crippen molar-refractivity contribution >= 4 is 7.69 Å². The Hall–Kier alpha value is -1.66. The van der Waals surface area contributed by atoms with Crippen LogP contribution in [-0.2, 0) is 32.0 Å². The fourth-order valence-corrected chi connectivity index (χ4v) is 1.90. The highest BCUT2D eigenvalue weighted by molar-refractivity contribution is 6.18. The molecule has 2 atom stereocenters. The Morgan fingerprint density at radius 1 is 0.696 bits per heavy atom. The fraction of sp³-hybridized carbons (Fsp3) is 0.333. The minimum Gasteiger partial charge on any atom is -0.388 e. The molecule has 0 radical (unpaired) electrons. The molecular formula is C18H23BO4. The molecular weight excluding hydrogens is 291 g/mol. The molecule has 23 heavy (non-hydrogen) atoms. The van der Waals surface area contributed by atoms with Gasteiger partial charge in [-0.2, -0.15) is 0 Å². The van der Waals surface area contributed by atoms with E-state index in [9.17, 15) is 0 Å². The van der Waals surface area contributed by atoms with Crippen LogP contribution in [0.4, 0.5) is 0 Å². The van der Waals surface area contributed by atoms with Gasteiger partial charge in [0.15, 0.2) is 0 Å². The van der Waals surface area contributed by atoms with Gasteiger partial charge < -0.3 is 18.8 Å². The Morgan fingerprint density at radius 2 is 1.09 bits per heavy atom. The monoisotopic (exact) mass is 314 g/mol. The number of hydrogen-bond donors (Lipinski definition) is 0. The molecule has 0 bridgehead atoms. The van der Waals surface area contributed by atoms with Crippen molar-refractivity contribution < 1.29 is 18.8 Å². The number of ether oxygens (including phenoxy) is 2. The quantitative estimate of drug-likeness (QED) is 0.497. The van der Waals surface area contributed by atoms with Crippen LogP contribution in [0.25, 0.3) is 0 Å². The van der Waals surface area contributed by atoms with E-state index < -0.39 is 0 Å². The second-order valence-electron chi connectivity index (χ2n) is 5.18. The van der Waals surface area contributed by atoms with Crippen LogP contribution in [0.15, 0.2) is 60.7 Å². The van der Waals surface area contributed by atoms with E-state index in [1.807, 2.05) is 74.5 Å². The van der Waals surface area contributed by atoms with Crippen molar-refractivity contribution in [1.82, 2.24) is 0 Å². The van der Waals surface area contributed by atoms with Gasteiger partial charge in [-0.25, -0.2) is 0 Å². The van der Waals surface area contributed by atoms with Crippen molar-refractivity contribution in [3.05, 3.63) is 71.8 Å². The normalized spacial score (nSPS) is 13.5. The average molecular weight is 314 g/mol. The highest BCUT2D eigenvalue weighted by atomic mass is 16.7. The van der Waals surface area contributed by atoms with Gasteiger partial charge in [0.05, 0.1) is 13.2 Å². The zero-order valence-electron chi connectivity index (χ0n) is 13.7. The van der Waals surface area contributed by atoms with Crippen molar-refractivity contribution in [2.75, 3.05) is 0 Å². The topological polar surface area (TPSA) is 36.9 Å². The van der Waals surface area contributed by atoms with Crippen molar-refractivity contribution in [3.8, 4) is 0 Å². The average Bonchev–Trinajstić information content (AvgIpc) is 2.60. The van der Waals surface area contributed by atoms with E-state index in [1.54, 1.807) is 0 Å². The Bertz CT molecular complexity index is 486. The molecule has 0 aliphatic rings. The third-order valence-corrected chi connectivity index (χ3v) is 3.26. The summed E-state index contributed by atoms with van der Waals surface area (Å²) in [6.07, 6.45) is -0.673. The van der Waals surface area contributed by atoms with Crippen LogP contribution in [0.1, 0.15) is 25.0 Å². The molecule has 2 aromatic rings. The molecule has 4 nitrogen and oxygen atoms in total. The summed E-state index contributed by atoms with van der Waals surface area (Å²) >= 11 is 0. The summed E-state index contributed by atoms with van der Waals surface area (Å²) < 4.78 is 22.1. The Morgan fingerprint density at radius 3 is 1.48 bits per heavy atom. The van der Waals surface area contributed by atoms with Crippen LogP contribution in [0, 0.1) is 0 Å². The van der Waals surface area contributed by atoms with E-state index in [2.05, 4.69) is 0 Å². The van der Waals surface area contributed by atoms with Crippen LogP contribution in [0.3, 0.4) is 0 Å². The second-order valence-corrected chi connectivity index (χ2v) is 5.18. The van der Waals surface area contributed by atoms with E-state index >= 15 is 0 Å². The predicted octanol–water partition coefficient (Wildman–Crippen LogP) is 3.41. The predicted molar refractivity (Wildman–Crippen MR) is 90.7 cm³/mol. The molecule has 0 aliphatic heterocycles. The summed E-state index contributed by atoms with van der Waals surface area (Å²) in [6.45, 7) is 4.73. The van der Waals surface area contributed by atoms with Crippen molar-refractivity contribution in [2.45, 2.75) is 39.6 Å². The first-order valence-electron chi connectivity index (χ1n) is 7.78. The van der Waals surface area contributed by atoms with Gasteiger partial charge in [0.2, 0.25) is 0 Å². The summed E-state index contributed by atoms with van der Waals surface area (Å²) in [5, 5.41) is 0. The molecule has 5 heteroatoms. The van der Waals surface area contributed by atoms with Crippen LogP contribution in [0.2, 0.25) is 0 Å².